The van der Waals surface area contributed by atoms with Crippen LogP contribution in [0.4, 0.5) is 5.69 Å². The number of nitrogens with one attached hydrogen (secondary N) is 1. The van der Waals surface area contributed by atoms with Crippen molar-refractivity contribution in [3.05, 3.63) is 46.7 Å². The molecule has 0 atom stereocenters. The van der Waals surface area contributed by atoms with E-state index in [4.69, 9.17) is 4.74 Å². The van der Waals surface area contributed by atoms with Gasteiger partial charge in [0.15, 0.2) is 0 Å². The molecule has 6 nitrogen and oxygen atoms in total. The van der Waals surface area contributed by atoms with E-state index in [-0.39, 0.29) is 25.1 Å². The van der Waals surface area contributed by atoms with Gasteiger partial charge in [-0.3, -0.25) is 9.10 Å². The van der Waals surface area contributed by atoms with Crippen LogP contribution in [0, 0.1) is 0 Å². The Balaban J connectivity index is 2.03. The number of sulfonamides is 1. The third kappa shape index (κ3) is 5.75. The van der Waals surface area contributed by atoms with E-state index in [9.17, 15) is 13.2 Å². The van der Waals surface area contributed by atoms with E-state index in [0.29, 0.717) is 16.3 Å². The van der Waals surface area contributed by atoms with E-state index in [2.05, 4.69) is 5.32 Å². The number of anilines is 1. The smallest absolute Gasteiger partial charge is 0.261 e. The standard InChI is InChI=1S/C17H22N2O4S2/c1-13(2)23-15-8-6-14(7-9-15)19(25(3,21)22)11-10-18-17(20)16-5-4-12-24-16/h4-9,12-13H,10-11H2,1-3H3,(H,18,20). The lowest BCUT2D eigenvalue weighted by atomic mass is 10.3. The molecule has 0 radical (unpaired) electrons. The Morgan fingerprint density at radius 2 is 1.92 bits per heavy atom. The number of ether oxygens (including phenoxy) is 1. The highest BCUT2D eigenvalue weighted by Gasteiger charge is 2.18. The second kappa shape index (κ2) is 8.35. The van der Waals surface area contributed by atoms with Crippen molar-refractivity contribution >= 4 is 33.0 Å². The van der Waals surface area contributed by atoms with Gasteiger partial charge >= 0.3 is 0 Å². The average molecular weight is 383 g/mol. The van der Waals surface area contributed by atoms with Gasteiger partial charge in [-0.2, -0.15) is 0 Å². The molecule has 0 bridgehead atoms. The van der Waals surface area contributed by atoms with Crippen molar-refractivity contribution in [3.8, 4) is 5.75 Å². The number of hydrogen-bond donors (Lipinski definition) is 1. The minimum atomic E-state index is -3.46. The molecular weight excluding hydrogens is 360 g/mol. The number of amides is 1. The molecule has 0 saturated heterocycles. The molecule has 0 saturated carbocycles. The maximum atomic E-state index is 12.1. The molecule has 0 aliphatic rings. The molecule has 1 aromatic heterocycles. The SMILES string of the molecule is CC(C)Oc1ccc(N(CCNC(=O)c2cccs2)S(C)(=O)=O)cc1. The molecule has 136 valence electrons. The summed E-state index contributed by atoms with van der Waals surface area (Å²) in [6.45, 7) is 4.22. The lowest BCUT2D eigenvalue weighted by Gasteiger charge is -2.23. The van der Waals surface area contributed by atoms with Gasteiger partial charge in [-0.05, 0) is 49.6 Å². The van der Waals surface area contributed by atoms with E-state index in [1.54, 1.807) is 36.4 Å². The maximum absolute atomic E-state index is 12.1. The summed E-state index contributed by atoms with van der Waals surface area (Å²) in [6, 6.07) is 10.4. The van der Waals surface area contributed by atoms with Crippen molar-refractivity contribution in [1.29, 1.82) is 0 Å². The second-order valence-electron chi connectivity index (χ2n) is 5.73. The number of thiophene rings is 1. The summed E-state index contributed by atoms with van der Waals surface area (Å²) in [7, 11) is -3.46. The first-order valence-electron chi connectivity index (χ1n) is 7.83. The van der Waals surface area contributed by atoms with E-state index < -0.39 is 10.0 Å². The predicted molar refractivity (Wildman–Crippen MR) is 101 cm³/mol. The summed E-state index contributed by atoms with van der Waals surface area (Å²) >= 11 is 1.34. The summed E-state index contributed by atoms with van der Waals surface area (Å²) < 4.78 is 31.0. The molecular formula is C17H22N2O4S2. The average Bonchev–Trinajstić information content (AvgIpc) is 3.05. The Bertz CT molecular complexity index is 785. The largest absolute Gasteiger partial charge is 0.491 e. The number of nitrogens with zero attached hydrogens (tertiary/aromatic N) is 1. The van der Waals surface area contributed by atoms with Crippen molar-refractivity contribution in [3.63, 3.8) is 0 Å². The highest BCUT2D eigenvalue weighted by atomic mass is 32.2. The van der Waals surface area contributed by atoms with Gasteiger partial charge in [0, 0.05) is 6.54 Å². The van der Waals surface area contributed by atoms with E-state index in [1.807, 2.05) is 19.2 Å². The first-order valence-corrected chi connectivity index (χ1v) is 10.6. The Hall–Kier alpha value is -2.06. The second-order valence-corrected chi connectivity index (χ2v) is 8.58. The van der Waals surface area contributed by atoms with Gasteiger partial charge in [-0.25, -0.2) is 8.42 Å². The van der Waals surface area contributed by atoms with E-state index in [0.717, 1.165) is 6.26 Å². The third-order valence-electron chi connectivity index (χ3n) is 3.24. The fraction of sp³-hybridized carbons (Fsp3) is 0.353. The van der Waals surface area contributed by atoms with Crippen molar-refractivity contribution in [1.82, 2.24) is 5.32 Å². The van der Waals surface area contributed by atoms with Crippen LogP contribution in [0.1, 0.15) is 23.5 Å². The number of hydrogen-bond acceptors (Lipinski definition) is 5. The van der Waals surface area contributed by atoms with Gasteiger partial charge in [-0.1, -0.05) is 6.07 Å². The number of rotatable bonds is 8. The van der Waals surface area contributed by atoms with Crippen LogP contribution < -0.4 is 14.4 Å². The number of carbonyl (C=O) groups is 1. The van der Waals surface area contributed by atoms with E-state index >= 15 is 0 Å². The molecule has 0 unspecified atom stereocenters. The quantitative estimate of drug-likeness (QED) is 0.762. The zero-order valence-corrected chi connectivity index (χ0v) is 16.1. The molecule has 0 aliphatic heterocycles. The van der Waals surface area contributed by atoms with Crippen molar-refractivity contribution < 1.29 is 17.9 Å². The van der Waals surface area contributed by atoms with Crippen LogP contribution in [-0.4, -0.2) is 39.8 Å². The molecule has 25 heavy (non-hydrogen) atoms. The Morgan fingerprint density at radius 3 is 2.44 bits per heavy atom. The fourth-order valence-corrected chi connectivity index (χ4v) is 3.78. The topological polar surface area (TPSA) is 75.7 Å². The van der Waals surface area contributed by atoms with Crippen LogP contribution in [0.3, 0.4) is 0 Å². The molecule has 1 aromatic carbocycles. The molecule has 0 fully saturated rings. The van der Waals surface area contributed by atoms with Crippen molar-refractivity contribution in [2.45, 2.75) is 20.0 Å². The molecule has 2 aromatic rings. The molecule has 0 aliphatic carbocycles. The first-order chi connectivity index (χ1) is 11.8. The number of carbonyl (C=O) groups excluding carboxylic acids is 1. The van der Waals surface area contributed by atoms with Gasteiger partial charge in [0.05, 0.1) is 29.5 Å². The van der Waals surface area contributed by atoms with E-state index in [1.165, 1.54) is 15.6 Å². The zero-order chi connectivity index (χ0) is 18.4. The Kier molecular flexibility index (Phi) is 6.44. The summed E-state index contributed by atoms with van der Waals surface area (Å²) in [4.78, 5) is 12.5. The van der Waals surface area contributed by atoms with Crippen LogP contribution in [-0.2, 0) is 10.0 Å². The highest BCUT2D eigenvalue weighted by Crippen LogP contribution is 2.22. The van der Waals surface area contributed by atoms with Crippen LogP contribution in [0.5, 0.6) is 5.75 Å². The lowest BCUT2D eigenvalue weighted by Crippen LogP contribution is -2.38. The fourth-order valence-electron chi connectivity index (χ4n) is 2.22. The van der Waals surface area contributed by atoms with Gasteiger partial charge in [0.1, 0.15) is 5.75 Å². The molecule has 1 heterocycles. The predicted octanol–water partition coefficient (Wildman–Crippen LogP) is 2.73. The summed E-state index contributed by atoms with van der Waals surface area (Å²) in [5.74, 6) is 0.474. The summed E-state index contributed by atoms with van der Waals surface area (Å²) in [5, 5.41) is 4.55. The van der Waals surface area contributed by atoms with Gasteiger partial charge in [0.2, 0.25) is 10.0 Å². The summed E-state index contributed by atoms with van der Waals surface area (Å²) in [6.07, 6.45) is 1.19. The minimum Gasteiger partial charge on any atom is -0.491 e. The van der Waals surface area contributed by atoms with Gasteiger partial charge < -0.3 is 10.1 Å². The Morgan fingerprint density at radius 1 is 1.24 bits per heavy atom. The summed E-state index contributed by atoms with van der Waals surface area (Å²) in [5.41, 5.74) is 0.531. The lowest BCUT2D eigenvalue weighted by molar-refractivity contribution is 0.0959. The van der Waals surface area contributed by atoms with Crippen LogP contribution >= 0.6 is 11.3 Å². The molecule has 1 amide bonds. The van der Waals surface area contributed by atoms with Crippen LogP contribution in [0.25, 0.3) is 0 Å². The molecule has 2 rings (SSSR count). The molecule has 1 N–H and O–H groups in total. The molecule has 0 spiro atoms. The third-order valence-corrected chi connectivity index (χ3v) is 5.30. The van der Waals surface area contributed by atoms with Crippen LogP contribution in [0.2, 0.25) is 0 Å². The highest BCUT2D eigenvalue weighted by molar-refractivity contribution is 7.92. The van der Waals surface area contributed by atoms with Crippen molar-refractivity contribution in [2.75, 3.05) is 23.7 Å². The Labute approximate surface area is 152 Å². The zero-order valence-electron chi connectivity index (χ0n) is 14.4. The minimum absolute atomic E-state index is 0.0457. The van der Waals surface area contributed by atoms with Crippen LogP contribution in [0.15, 0.2) is 41.8 Å². The van der Waals surface area contributed by atoms with Gasteiger partial charge in [-0.15, -0.1) is 11.3 Å². The number of benzene rings is 1. The normalized spacial score (nSPS) is 11.4. The monoisotopic (exact) mass is 382 g/mol. The van der Waals surface area contributed by atoms with Gasteiger partial charge in [0.25, 0.3) is 5.91 Å². The maximum Gasteiger partial charge on any atom is 0.261 e. The van der Waals surface area contributed by atoms with Crippen molar-refractivity contribution in [2.24, 2.45) is 0 Å². The first kappa shape index (κ1) is 19.3. The molecule has 8 heteroatoms.